The normalized spacial score (nSPS) is 11.4. The number of halogens is 2. The van der Waals surface area contributed by atoms with Crippen molar-refractivity contribution in [3.8, 4) is 0 Å². The summed E-state index contributed by atoms with van der Waals surface area (Å²) in [6, 6.07) is 6.06. The summed E-state index contributed by atoms with van der Waals surface area (Å²) in [5.74, 6) is 0. The Labute approximate surface area is 133 Å². The van der Waals surface area contributed by atoms with E-state index < -0.39 is 10.0 Å². The van der Waals surface area contributed by atoms with Gasteiger partial charge in [-0.1, -0.05) is 23.2 Å². The van der Waals surface area contributed by atoms with Crippen LogP contribution >= 0.6 is 23.2 Å². The maximum atomic E-state index is 12.4. The van der Waals surface area contributed by atoms with Crippen molar-refractivity contribution in [3.63, 3.8) is 0 Å². The van der Waals surface area contributed by atoms with Gasteiger partial charge in [0.1, 0.15) is 4.90 Å². The Hall–Kier alpha value is -1.34. The Morgan fingerprint density at radius 2 is 1.95 bits per heavy atom. The Bertz CT molecular complexity index is 762. The minimum Gasteiger partial charge on any atom is -0.326 e. The van der Waals surface area contributed by atoms with E-state index in [0.717, 1.165) is 5.69 Å². The molecule has 0 spiro atoms. The molecule has 1 aromatic carbocycles. The molecule has 0 radical (unpaired) electrons. The van der Waals surface area contributed by atoms with E-state index in [1.807, 2.05) is 6.92 Å². The third-order valence-corrected chi connectivity index (χ3v) is 4.97. The summed E-state index contributed by atoms with van der Waals surface area (Å²) in [6.07, 6.45) is 1.43. The highest BCUT2D eigenvalue weighted by molar-refractivity contribution is 7.92. The fourth-order valence-electron chi connectivity index (χ4n) is 1.67. The molecule has 0 atom stereocenters. The van der Waals surface area contributed by atoms with Crippen LogP contribution in [0.3, 0.4) is 0 Å². The maximum Gasteiger partial charge on any atom is 0.263 e. The van der Waals surface area contributed by atoms with Gasteiger partial charge in [0, 0.05) is 17.3 Å². The van der Waals surface area contributed by atoms with Crippen LogP contribution in [0, 0.1) is 6.92 Å². The summed E-state index contributed by atoms with van der Waals surface area (Å²) in [4.78, 5) is 3.95. The highest BCUT2D eigenvalue weighted by atomic mass is 35.5. The molecule has 0 aliphatic heterocycles. The number of benzene rings is 1. The van der Waals surface area contributed by atoms with Crippen LogP contribution in [0.15, 0.2) is 35.4 Å². The summed E-state index contributed by atoms with van der Waals surface area (Å²) in [6.45, 7) is 1.92. The molecule has 0 saturated carbocycles. The molecule has 5 nitrogen and oxygen atoms in total. The minimum absolute atomic E-state index is 0.0322. The van der Waals surface area contributed by atoms with Crippen molar-refractivity contribution >= 4 is 38.9 Å². The fraction of sp³-hybridized carbons (Fsp3) is 0.154. The summed E-state index contributed by atoms with van der Waals surface area (Å²) < 4.78 is 27.2. The molecule has 2 aromatic rings. The van der Waals surface area contributed by atoms with E-state index >= 15 is 0 Å². The first kappa shape index (κ1) is 16.0. The molecule has 0 fully saturated rings. The van der Waals surface area contributed by atoms with Crippen molar-refractivity contribution in [1.82, 2.24) is 4.98 Å². The third kappa shape index (κ3) is 3.65. The second-order valence-corrected chi connectivity index (χ2v) is 6.84. The second-order valence-electron chi connectivity index (χ2n) is 4.37. The third-order valence-electron chi connectivity index (χ3n) is 2.77. The lowest BCUT2D eigenvalue weighted by Crippen LogP contribution is -2.14. The number of nitrogens with one attached hydrogen (secondary N) is 1. The molecule has 21 heavy (non-hydrogen) atoms. The van der Waals surface area contributed by atoms with Gasteiger partial charge in [-0.25, -0.2) is 8.42 Å². The zero-order valence-electron chi connectivity index (χ0n) is 11.1. The first-order valence-electron chi connectivity index (χ1n) is 5.97. The van der Waals surface area contributed by atoms with Crippen LogP contribution in [0.4, 0.5) is 5.69 Å². The highest BCUT2D eigenvalue weighted by Crippen LogP contribution is 2.29. The van der Waals surface area contributed by atoms with Gasteiger partial charge in [-0.05, 0) is 36.8 Å². The molecular weight excluding hydrogens is 333 g/mol. The molecule has 1 heterocycles. The van der Waals surface area contributed by atoms with Gasteiger partial charge in [0.05, 0.1) is 16.9 Å². The van der Waals surface area contributed by atoms with Gasteiger partial charge in [-0.15, -0.1) is 0 Å². The molecule has 112 valence electrons. The molecule has 0 saturated heterocycles. The van der Waals surface area contributed by atoms with E-state index in [0.29, 0.717) is 16.3 Å². The van der Waals surface area contributed by atoms with Crippen LogP contribution in [-0.2, 0) is 16.6 Å². The Morgan fingerprint density at radius 3 is 2.52 bits per heavy atom. The lowest BCUT2D eigenvalue weighted by atomic mass is 10.2. The molecule has 2 rings (SSSR count). The second kappa shape index (κ2) is 6.19. The van der Waals surface area contributed by atoms with Crippen molar-refractivity contribution in [2.45, 2.75) is 18.4 Å². The Morgan fingerprint density at radius 1 is 1.24 bits per heavy atom. The molecule has 0 aliphatic carbocycles. The summed E-state index contributed by atoms with van der Waals surface area (Å²) in [7, 11) is -3.84. The molecule has 0 amide bonds. The zero-order valence-corrected chi connectivity index (χ0v) is 13.4. The topological polar surface area (TPSA) is 85.1 Å². The largest absolute Gasteiger partial charge is 0.326 e. The standard InChI is InChI=1S/C13H13Cl2N3O2S/c1-8-2-3-10(7-17-8)18-21(19,20)13-4-9(6-16)11(14)5-12(13)15/h2-5,7,18H,6,16H2,1H3. The van der Waals surface area contributed by atoms with Crippen molar-refractivity contribution in [2.24, 2.45) is 5.73 Å². The number of hydrogen-bond acceptors (Lipinski definition) is 4. The smallest absolute Gasteiger partial charge is 0.263 e. The number of aryl methyl sites for hydroxylation is 1. The molecule has 0 bridgehead atoms. The van der Waals surface area contributed by atoms with Crippen molar-refractivity contribution < 1.29 is 8.42 Å². The number of pyridine rings is 1. The first-order valence-corrected chi connectivity index (χ1v) is 8.21. The Kier molecular flexibility index (Phi) is 4.73. The number of nitrogens with zero attached hydrogens (tertiary/aromatic N) is 1. The van der Waals surface area contributed by atoms with Crippen LogP contribution in [0.2, 0.25) is 10.0 Å². The van der Waals surface area contributed by atoms with Gasteiger partial charge < -0.3 is 5.73 Å². The van der Waals surface area contributed by atoms with E-state index in [-0.39, 0.29) is 16.5 Å². The van der Waals surface area contributed by atoms with E-state index in [2.05, 4.69) is 9.71 Å². The molecule has 0 aliphatic rings. The van der Waals surface area contributed by atoms with Gasteiger partial charge in [0.15, 0.2) is 0 Å². The number of aromatic nitrogens is 1. The maximum absolute atomic E-state index is 12.4. The minimum atomic E-state index is -3.84. The Balaban J connectivity index is 2.42. The van der Waals surface area contributed by atoms with Crippen molar-refractivity contribution in [3.05, 3.63) is 51.8 Å². The lowest BCUT2D eigenvalue weighted by Gasteiger charge is -2.11. The van der Waals surface area contributed by atoms with Crippen LogP contribution in [0.25, 0.3) is 0 Å². The monoisotopic (exact) mass is 345 g/mol. The molecule has 8 heteroatoms. The van der Waals surface area contributed by atoms with Crippen LogP contribution in [0.1, 0.15) is 11.3 Å². The van der Waals surface area contributed by atoms with Crippen LogP contribution in [0.5, 0.6) is 0 Å². The predicted molar refractivity (Wildman–Crippen MR) is 84.1 cm³/mol. The fourth-order valence-corrected chi connectivity index (χ4v) is 3.59. The molecule has 0 unspecified atom stereocenters. The predicted octanol–water partition coefficient (Wildman–Crippen LogP) is 2.96. The van der Waals surface area contributed by atoms with Crippen molar-refractivity contribution in [2.75, 3.05) is 4.72 Å². The van der Waals surface area contributed by atoms with E-state index in [4.69, 9.17) is 28.9 Å². The van der Waals surface area contributed by atoms with E-state index in [1.54, 1.807) is 12.1 Å². The number of hydrogen-bond donors (Lipinski definition) is 2. The van der Waals surface area contributed by atoms with Gasteiger partial charge in [-0.2, -0.15) is 0 Å². The van der Waals surface area contributed by atoms with Crippen LogP contribution < -0.4 is 10.5 Å². The van der Waals surface area contributed by atoms with Gasteiger partial charge >= 0.3 is 0 Å². The van der Waals surface area contributed by atoms with E-state index in [1.165, 1.54) is 18.3 Å². The zero-order chi connectivity index (χ0) is 15.6. The number of nitrogens with two attached hydrogens (primary N) is 1. The van der Waals surface area contributed by atoms with Gasteiger partial charge in [-0.3, -0.25) is 9.71 Å². The average Bonchev–Trinajstić information content (AvgIpc) is 2.41. The summed E-state index contributed by atoms with van der Waals surface area (Å²) in [5, 5.41) is 0.364. The van der Waals surface area contributed by atoms with Gasteiger partial charge in [0.25, 0.3) is 10.0 Å². The first-order chi connectivity index (χ1) is 9.83. The average molecular weight is 346 g/mol. The molecule has 1 aromatic heterocycles. The van der Waals surface area contributed by atoms with Crippen molar-refractivity contribution in [1.29, 1.82) is 0 Å². The van der Waals surface area contributed by atoms with E-state index in [9.17, 15) is 8.42 Å². The number of rotatable bonds is 4. The SMILES string of the molecule is Cc1ccc(NS(=O)(=O)c2cc(CN)c(Cl)cc2Cl)cn1. The number of anilines is 1. The quantitative estimate of drug-likeness (QED) is 0.891. The molecular formula is C13H13Cl2N3O2S. The lowest BCUT2D eigenvalue weighted by molar-refractivity contribution is 0.601. The summed E-state index contributed by atoms with van der Waals surface area (Å²) in [5.41, 5.74) is 7.17. The molecule has 3 N–H and O–H groups in total. The highest BCUT2D eigenvalue weighted by Gasteiger charge is 2.20. The van der Waals surface area contributed by atoms with Gasteiger partial charge in [0.2, 0.25) is 0 Å². The summed E-state index contributed by atoms with van der Waals surface area (Å²) >= 11 is 11.9. The number of sulfonamides is 1. The van der Waals surface area contributed by atoms with Crippen LogP contribution in [-0.4, -0.2) is 13.4 Å².